The van der Waals surface area contributed by atoms with E-state index >= 15 is 0 Å². The second-order valence-corrected chi connectivity index (χ2v) is 2.49. The molecular weight excluding hydrogens is 166 g/mol. The molecular formula is C10H11NO2. The smallest absolute Gasteiger partial charge is 0.261 e. The number of hydrogen-bond acceptors (Lipinski definition) is 2. The van der Waals surface area contributed by atoms with Gasteiger partial charge in [-0.3, -0.25) is 14.5 Å². The van der Waals surface area contributed by atoms with Crippen molar-refractivity contribution in [1.82, 2.24) is 4.90 Å². The molecule has 0 spiro atoms. The van der Waals surface area contributed by atoms with Crippen molar-refractivity contribution in [2.24, 2.45) is 0 Å². The first-order valence-corrected chi connectivity index (χ1v) is 3.41. The topological polar surface area (TPSA) is 37.4 Å². The fourth-order valence-electron chi connectivity index (χ4n) is 1.19. The molecule has 0 saturated carbocycles. The van der Waals surface area contributed by atoms with Crippen molar-refractivity contribution in [1.29, 1.82) is 0 Å². The molecule has 1 aromatic carbocycles. The molecule has 68 valence electrons. The highest BCUT2D eigenvalue weighted by Gasteiger charge is 2.31. The zero-order valence-corrected chi connectivity index (χ0v) is 6.07. The number of hydrogen-bond donors (Lipinski definition) is 0. The van der Waals surface area contributed by atoms with Crippen LogP contribution >= 0.6 is 0 Å². The summed E-state index contributed by atoms with van der Waals surface area (Å²) in [6, 6.07) is 6.07. The lowest BCUT2D eigenvalue weighted by atomic mass is 10.1. The van der Waals surface area contributed by atoms with Crippen molar-refractivity contribution >= 4 is 11.8 Å². The fourth-order valence-corrected chi connectivity index (χ4v) is 1.19. The maximum absolute atomic E-state index is 11.6. The van der Waals surface area contributed by atoms with E-state index in [1.165, 1.54) is 12.1 Å². The largest absolute Gasteiger partial charge is 0.277 e. The predicted octanol–water partition coefficient (Wildman–Crippen LogP) is 1.55. The maximum Gasteiger partial charge on any atom is 0.261 e. The minimum Gasteiger partial charge on any atom is -0.277 e. The lowest BCUT2D eigenvalue weighted by molar-refractivity contribution is 0.0693. The van der Waals surface area contributed by atoms with E-state index in [4.69, 9.17) is 4.11 Å². The van der Waals surface area contributed by atoms with E-state index in [1.54, 1.807) is 12.1 Å². The Labute approximate surface area is 81.2 Å². The monoisotopic (exact) mass is 180 g/mol. The summed E-state index contributed by atoms with van der Waals surface area (Å²) >= 11 is 0. The van der Waals surface area contributed by atoms with Crippen molar-refractivity contribution in [2.75, 3.05) is 6.98 Å². The Morgan fingerprint density at radius 3 is 2.00 bits per heavy atom. The number of nitrogens with zero attached hydrogens (tertiary/aromatic N) is 1. The number of benzene rings is 1. The summed E-state index contributed by atoms with van der Waals surface area (Å²) in [7, 11) is 0. The quantitative estimate of drug-likeness (QED) is 0.568. The first-order chi connectivity index (χ1) is 6.93. The average Bonchev–Trinajstić information content (AvgIpc) is 2.39. The van der Waals surface area contributed by atoms with Crippen LogP contribution in [0.15, 0.2) is 24.3 Å². The molecule has 1 heterocycles. The summed E-state index contributed by atoms with van der Waals surface area (Å²) < 4.78 is 21.2. The van der Waals surface area contributed by atoms with E-state index in [9.17, 15) is 9.59 Å². The van der Waals surface area contributed by atoms with Gasteiger partial charge in [-0.05, 0) is 12.1 Å². The van der Waals surface area contributed by atoms with Crippen LogP contribution < -0.4 is 0 Å². The average molecular weight is 180 g/mol. The van der Waals surface area contributed by atoms with Gasteiger partial charge in [-0.25, -0.2) is 0 Å². The molecule has 0 radical (unpaired) electrons. The van der Waals surface area contributed by atoms with Crippen LogP contribution in [0.5, 0.6) is 0 Å². The molecule has 0 unspecified atom stereocenters. The third kappa shape index (κ3) is 1.13. The van der Waals surface area contributed by atoms with Crippen molar-refractivity contribution < 1.29 is 13.7 Å². The van der Waals surface area contributed by atoms with Gasteiger partial charge in [0.2, 0.25) is 0 Å². The molecule has 0 aromatic heterocycles. The third-order valence-corrected chi connectivity index (χ3v) is 1.79. The van der Waals surface area contributed by atoms with Gasteiger partial charge in [0.25, 0.3) is 11.8 Å². The highest BCUT2D eigenvalue weighted by atomic mass is 16.2. The number of fused-ring (bicyclic) bond motifs is 1. The van der Waals surface area contributed by atoms with Crippen molar-refractivity contribution in [3.8, 4) is 0 Å². The van der Waals surface area contributed by atoms with E-state index in [1.807, 2.05) is 0 Å². The zero-order chi connectivity index (χ0) is 11.2. The Kier molecular flexibility index (Phi) is 1.37. The van der Waals surface area contributed by atoms with Crippen LogP contribution in [0.4, 0.5) is 0 Å². The molecule has 3 nitrogen and oxygen atoms in total. The van der Waals surface area contributed by atoms with Crippen LogP contribution in [-0.2, 0) is 0 Å². The van der Waals surface area contributed by atoms with Crippen molar-refractivity contribution in [2.45, 2.75) is 7.43 Å². The van der Waals surface area contributed by atoms with Crippen molar-refractivity contribution in [3.63, 3.8) is 0 Å². The number of imide groups is 1. The van der Waals surface area contributed by atoms with Gasteiger partial charge in [-0.1, -0.05) is 19.6 Å². The molecule has 1 aromatic rings. The van der Waals surface area contributed by atoms with Crippen LogP contribution in [0.1, 0.15) is 32.3 Å². The summed E-state index contributed by atoms with van der Waals surface area (Å²) in [5.41, 5.74) is 0.303. The second-order valence-electron chi connectivity index (χ2n) is 2.49. The highest BCUT2D eigenvalue weighted by molar-refractivity contribution is 6.21. The Hall–Kier alpha value is -1.64. The molecule has 1 aliphatic rings. The van der Waals surface area contributed by atoms with E-state index in [-0.39, 0.29) is 18.6 Å². The summed E-state index contributed by atoms with van der Waals surface area (Å²) in [4.78, 5) is 23.5. The first kappa shape index (κ1) is 5.91. The van der Waals surface area contributed by atoms with Crippen LogP contribution in [0.2, 0.25) is 0 Å². The van der Waals surface area contributed by atoms with Crippen LogP contribution in [0.25, 0.3) is 0 Å². The summed E-state index contributed by atoms with van der Waals surface area (Å²) in [6.07, 6.45) is 0. The normalized spacial score (nSPS) is 18.5. The molecule has 13 heavy (non-hydrogen) atoms. The third-order valence-electron chi connectivity index (χ3n) is 1.79. The minimum absolute atomic E-state index is 0. The summed E-state index contributed by atoms with van der Waals surface area (Å²) in [5, 5.41) is 0. The van der Waals surface area contributed by atoms with Crippen LogP contribution in [0, 0.1) is 0 Å². The Balaban J connectivity index is 0.00000128. The van der Waals surface area contributed by atoms with Gasteiger partial charge in [0.05, 0.1) is 11.1 Å². The Morgan fingerprint density at radius 2 is 1.62 bits per heavy atom. The molecule has 2 rings (SSSR count). The van der Waals surface area contributed by atoms with Gasteiger partial charge < -0.3 is 0 Å². The molecule has 0 aliphatic carbocycles. The molecule has 0 atom stereocenters. The number of carbonyl (C=O) groups is 2. The van der Waals surface area contributed by atoms with E-state index < -0.39 is 18.8 Å². The fraction of sp³-hybridized carbons (Fsp3) is 0.200. The van der Waals surface area contributed by atoms with Gasteiger partial charge >= 0.3 is 0 Å². The van der Waals surface area contributed by atoms with E-state index in [0.717, 1.165) is 0 Å². The SMILES string of the molecule is C.[2H]C([2H])([2H])N1C(=O)c2ccccc2C1=O. The Morgan fingerprint density at radius 1 is 1.15 bits per heavy atom. The first-order valence-electron chi connectivity index (χ1n) is 4.91. The summed E-state index contributed by atoms with van der Waals surface area (Å²) in [5.74, 6) is -1.51. The van der Waals surface area contributed by atoms with Gasteiger partial charge in [0.1, 0.15) is 0 Å². The molecule has 0 saturated heterocycles. The van der Waals surface area contributed by atoms with Gasteiger partial charge in [-0.15, -0.1) is 0 Å². The molecule has 0 bridgehead atoms. The van der Waals surface area contributed by atoms with Crippen molar-refractivity contribution in [3.05, 3.63) is 35.4 Å². The maximum atomic E-state index is 11.6. The molecule has 3 heteroatoms. The van der Waals surface area contributed by atoms with Crippen LogP contribution in [-0.4, -0.2) is 23.7 Å². The predicted molar refractivity (Wildman–Crippen MR) is 49.6 cm³/mol. The number of rotatable bonds is 0. The van der Waals surface area contributed by atoms with Crippen LogP contribution in [0.3, 0.4) is 0 Å². The standard InChI is InChI=1S/C9H7NO2.CH4/c1-10-8(11)6-4-2-3-5-7(6)9(10)12;/h2-5H,1H3;1H4/i1D3;. The second kappa shape index (κ2) is 3.01. The van der Waals surface area contributed by atoms with Gasteiger partial charge in [0, 0.05) is 11.1 Å². The molecule has 0 N–H and O–H groups in total. The number of amides is 2. The van der Waals surface area contributed by atoms with E-state index in [2.05, 4.69) is 0 Å². The van der Waals surface area contributed by atoms with E-state index in [0.29, 0.717) is 4.90 Å². The van der Waals surface area contributed by atoms with Gasteiger partial charge in [-0.2, -0.15) is 0 Å². The molecule has 2 amide bonds. The Bertz CT molecular complexity index is 419. The molecule has 1 aliphatic heterocycles. The number of carbonyl (C=O) groups excluding carboxylic acids is 2. The zero-order valence-electron chi connectivity index (χ0n) is 9.07. The summed E-state index contributed by atoms with van der Waals surface area (Å²) in [6.45, 7) is -2.72. The minimum atomic E-state index is -2.72. The lowest BCUT2D eigenvalue weighted by Gasteiger charge is -2.02. The van der Waals surface area contributed by atoms with Gasteiger partial charge in [0.15, 0.2) is 0 Å². The lowest BCUT2D eigenvalue weighted by Crippen LogP contribution is -2.24. The highest BCUT2D eigenvalue weighted by Crippen LogP contribution is 2.20. The molecule has 0 fully saturated rings.